The molecule has 0 aromatic heterocycles. The van der Waals surface area contributed by atoms with E-state index in [0.717, 1.165) is 19.4 Å². The molecule has 2 aromatic carbocycles. The van der Waals surface area contributed by atoms with Crippen LogP contribution in [-0.4, -0.2) is 26.6 Å². The van der Waals surface area contributed by atoms with Crippen molar-refractivity contribution in [3.63, 3.8) is 0 Å². The van der Waals surface area contributed by atoms with E-state index in [2.05, 4.69) is 108 Å². The van der Waals surface area contributed by atoms with Gasteiger partial charge in [0.1, 0.15) is 0 Å². The standard InChI is InChI=1S/C28H40O2Si/c1-26(2,3)31(24-14-9-7-10-15-24,25-16-11-8-12-17-25)30-22-23-18-20-28(6,19-13-21-29)27(23,4)5/h7-17,19,23,29H,18,20-22H2,1-6H3. The van der Waals surface area contributed by atoms with Gasteiger partial charge in [0.25, 0.3) is 8.32 Å². The molecule has 0 bridgehead atoms. The van der Waals surface area contributed by atoms with Gasteiger partial charge in [0.15, 0.2) is 0 Å². The van der Waals surface area contributed by atoms with Gasteiger partial charge in [0.2, 0.25) is 0 Å². The van der Waals surface area contributed by atoms with Crippen LogP contribution in [0.2, 0.25) is 5.04 Å². The Balaban J connectivity index is 2.00. The van der Waals surface area contributed by atoms with Gasteiger partial charge >= 0.3 is 0 Å². The molecule has 0 heterocycles. The minimum Gasteiger partial charge on any atom is -0.407 e. The number of hydrogen-bond acceptors (Lipinski definition) is 2. The molecule has 1 N–H and O–H groups in total. The van der Waals surface area contributed by atoms with Gasteiger partial charge < -0.3 is 9.53 Å². The lowest BCUT2D eigenvalue weighted by Gasteiger charge is -2.45. The zero-order valence-corrected chi connectivity index (χ0v) is 21.2. The van der Waals surface area contributed by atoms with Crippen LogP contribution in [0.5, 0.6) is 0 Å². The van der Waals surface area contributed by atoms with Crippen molar-refractivity contribution in [2.24, 2.45) is 16.7 Å². The number of hydrogen-bond donors (Lipinski definition) is 1. The van der Waals surface area contributed by atoms with Gasteiger partial charge in [-0.1, -0.05) is 114 Å². The largest absolute Gasteiger partial charge is 0.407 e. The summed E-state index contributed by atoms with van der Waals surface area (Å²) in [6, 6.07) is 21.8. The molecule has 0 radical (unpaired) electrons. The number of allylic oxidation sites excluding steroid dienone is 1. The first-order valence-electron chi connectivity index (χ1n) is 11.6. The molecule has 1 aliphatic carbocycles. The molecule has 2 aromatic rings. The highest BCUT2D eigenvalue weighted by Crippen LogP contribution is 2.57. The number of benzene rings is 2. The highest BCUT2D eigenvalue weighted by molar-refractivity contribution is 6.99. The van der Waals surface area contributed by atoms with Gasteiger partial charge in [0.05, 0.1) is 6.61 Å². The van der Waals surface area contributed by atoms with Crippen molar-refractivity contribution in [2.75, 3.05) is 13.2 Å². The fourth-order valence-electron chi connectivity index (χ4n) is 5.51. The third-order valence-corrected chi connectivity index (χ3v) is 13.0. The number of aliphatic hydroxyl groups is 1. The van der Waals surface area contributed by atoms with Crippen LogP contribution in [0.25, 0.3) is 0 Å². The first-order chi connectivity index (χ1) is 14.6. The lowest BCUT2D eigenvalue weighted by atomic mass is 9.66. The fourth-order valence-corrected chi connectivity index (χ4v) is 10.1. The van der Waals surface area contributed by atoms with Crippen LogP contribution in [0.15, 0.2) is 72.8 Å². The van der Waals surface area contributed by atoms with Gasteiger partial charge in [-0.2, -0.15) is 0 Å². The summed E-state index contributed by atoms with van der Waals surface area (Å²) in [6.45, 7) is 15.0. The Kier molecular flexibility index (Phi) is 7.00. The molecule has 0 spiro atoms. The average Bonchev–Trinajstić information content (AvgIpc) is 2.97. The summed E-state index contributed by atoms with van der Waals surface area (Å²) in [5.74, 6) is 0.475. The maximum atomic E-state index is 9.32. The summed E-state index contributed by atoms with van der Waals surface area (Å²) in [5, 5.41) is 12.0. The number of aliphatic hydroxyl groups excluding tert-OH is 1. The lowest BCUT2D eigenvalue weighted by molar-refractivity contribution is 0.0909. The molecular weight excluding hydrogens is 396 g/mol. The van der Waals surface area contributed by atoms with E-state index < -0.39 is 8.32 Å². The van der Waals surface area contributed by atoms with Gasteiger partial charge in [-0.05, 0) is 45.0 Å². The summed E-state index contributed by atoms with van der Waals surface area (Å²) in [7, 11) is -2.51. The molecule has 168 valence electrons. The Morgan fingerprint density at radius 3 is 1.94 bits per heavy atom. The van der Waals surface area contributed by atoms with E-state index in [1.807, 2.05) is 6.08 Å². The fraction of sp³-hybridized carbons (Fsp3) is 0.500. The summed E-state index contributed by atoms with van der Waals surface area (Å²) >= 11 is 0. The molecule has 0 amide bonds. The van der Waals surface area contributed by atoms with Crippen molar-refractivity contribution in [3.05, 3.63) is 72.8 Å². The van der Waals surface area contributed by atoms with E-state index in [4.69, 9.17) is 4.43 Å². The second-order valence-corrected chi connectivity index (χ2v) is 15.2. The van der Waals surface area contributed by atoms with Crippen LogP contribution in [0.3, 0.4) is 0 Å². The van der Waals surface area contributed by atoms with Crippen LogP contribution in [-0.2, 0) is 4.43 Å². The molecule has 2 nitrogen and oxygen atoms in total. The Labute approximate surface area is 190 Å². The van der Waals surface area contributed by atoms with Crippen molar-refractivity contribution >= 4 is 18.7 Å². The first kappa shape index (κ1) is 24.0. The average molecular weight is 437 g/mol. The monoisotopic (exact) mass is 436 g/mol. The summed E-state index contributed by atoms with van der Waals surface area (Å²) in [4.78, 5) is 0. The zero-order chi connectivity index (χ0) is 22.8. The first-order valence-corrected chi connectivity index (χ1v) is 13.5. The molecule has 0 aliphatic heterocycles. The normalized spacial score (nSPS) is 24.0. The van der Waals surface area contributed by atoms with Gasteiger partial charge in [-0.25, -0.2) is 0 Å². The Morgan fingerprint density at radius 1 is 0.968 bits per heavy atom. The Hall–Kier alpha value is -1.68. The second-order valence-electron chi connectivity index (χ2n) is 10.9. The van der Waals surface area contributed by atoms with Crippen molar-refractivity contribution < 1.29 is 9.53 Å². The van der Waals surface area contributed by atoms with Crippen molar-refractivity contribution in [2.45, 2.75) is 59.4 Å². The van der Waals surface area contributed by atoms with Gasteiger partial charge in [-0.3, -0.25) is 0 Å². The molecule has 2 unspecified atom stereocenters. The molecule has 1 aliphatic rings. The molecule has 31 heavy (non-hydrogen) atoms. The van der Waals surface area contributed by atoms with E-state index in [1.54, 1.807) is 0 Å². The summed E-state index contributed by atoms with van der Waals surface area (Å²) in [5.41, 5.74) is 0.180. The SMILES string of the molecule is CC1(C=CCO)CCC(CO[Si](c2ccccc2)(c2ccccc2)C(C)(C)C)C1(C)C. The molecule has 3 rings (SSSR count). The Morgan fingerprint density at radius 2 is 1.48 bits per heavy atom. The highest BCUT2D eigenvalue weighted by atomic mass is 28.4. The van der Waals surface area contributed by atoms with Crippen LogP contribution in [0, 0.1) is 16.7 Å². The van der Waals surface area contributed by atoms with Crippen LogP contribution >= 0.6 is 0 Å². The van der Waals surface area contributed by atoms with Crippen molar-refractivity contribution in [3.8, 4) is 0 Å². The van der Waals surface area contributed by atoms with E-state index in [9.17, 15) is 5.11 Å². The maximum Gasteiger partial charge on any atom is 0.261 e. The molecule has 3 heteroatoms. The maximum absolute atomic E-state index is 9.32. The smallest absolute Gasteiger partial charge is 0.261 e. The van der Waals surface area contributed by atoms with Crippen LogP contribution < -0.4 is 10.4 Å². The predicted octanol–water partition coefficient (Wildman–Crippen LogP) is 5.55. The minimum atomic E-state index is -2.51. The van der Waals surface area contributed by atoms with Crippen molar-refractivity contribution in [1.29, 1.82) is 0 Å². The van der Waals surface area contributed by atoms with E-state index in [1.165, 1.54) is 10.4 Å². The second kappa shape index (κ2) is 9.05. The molecule has 0 saturated heterocycles. The highest BCUT2D eigenvalue weighted by Gasteiger charge is 2.54. The summed E-state index contributed by atoms with van der Waals surface area (Å²) < 4.78 is 7.25. The van der Waals surface area contributed by atoms with Crippen molar-refractivity contribution in [1.82, 2.24) is 0 Å². The molecular formula is C28H40O2Si. The van der Waals surface area contributed by atoms with Crippen LogP contribution in [0.1, 0.15) is 54.4 Å². The number of rotatable bonds is 7. The summed E-state index contributed by atoms with van der Waals surface area (Å²) in [6.07, 6.45) is 6.42. The van der Waals surface area contributed by atoms with Gasteiger partial charge in [-0.15, -0.1) is 0 Å². The van der Waals surface area contributed by atoms with E-state index in [-0.39, 0.29) is 22.5 Å². The van der Waals surface area contributed by atoms with E-state index >= 15 is 0 Å². The third kappa shape index (κ3) is 4.33. The topological polar surface area (TPSA) is 29.5 Å². The van der Waals surface area contributed by atoms with Gasteiger partial charge in [0, 0.05) is 6.61 Å². The lowest BCUT2D eigenvalue weighted by Crippen LogP contribution is -2.67. The molecule has 2 atom stereocenters. The molecule has 1 fully saturated rings. The predicted molar refractivity (Wildman–Crippen MR) is 134 cm³/mol. The Bertz CT molecular complexity index is 827. The quantitative estimate of drug-likeness (QED) is 0.455. The third-order valence-electron chi connectivity index (χ3n) is 8.01. The minimum absolute atomic E-state index is 0.00144. The van der Waals surface area contributed by atoms with E-state index in [0.29, 0.717) is 5.92 Å². The zero-order valence-electron chi connectivity index (χ0n) is 20.2. The van der Waals surface area contributed by atoms with Crippen LogP contribution in [0.4, 0.5) is 0 Å². The molecule has 1 saturated carbocycles.